The van der Waals surface area contributed by atoms with Gasteiger partial charge >= 0.3 is 0 Å². The highest BCUT2D eigenvalue weighted by molar-refractivity contribution is 14.0. The van der Waals surface area contributed by atoms with Crippen LogP contribution < -0.4 is 24.8 Å². The molecular weight excluding hydrogens is 493 g/mol. The van der Waals surface area contributed by atoms with Gasteiger partial charge in [-0.2, -0.15) is 0 Å². The van der Waals surface area contributed by atoms with E-state index < -0.39 is 0 Å². The summed E-state index contributed by atoms with van der Waals surface area (Å²) in [4.78, 5) is 4.26. The van der Waals surface area contributed by atoms with Crippen LogP contribution in [-0.4, -0.2) is 33.8 Å². The largest absolute Gasteiger partial charge is 0.493 e. The summed E-state index contributed by atoms with van der Waals surface area (Å²) in [6.07, 6.45) is 0. The molecule has 0 spiro atoms. The van der Waals surface area contributed by atoms with E-state index in [0.29, 0.717) is 42.2 Å². The molecule has 0 aliphatic heterocycles. The molecule has 0 heterocycles. The number of guanidine groups is 1. The lowest BCUT2D eigenvalue weighted by Gasteiger charge is -2.15. The van der Waals surface area contributed by atoms with Crippen LogP contribution >= 0.6 is 35.6 Å². The van der Waals surface area contributed by atoms with Gasteiger partial charge in [0.2, 0.25) is 0 Å². The lowest BCUT2D eigenvalue weighted by molar-refractivity contribution is 0.336. The zero-order chi connectivity index (χ0) is 19.6. The van der Waals surface area contributed by atoms with Crippen molar-refractivity contribution in [2.45, 2.75) is 20.0 Å². The van der Waals surface area contributed by atoms with Crippen molar-refractivity contribution in [1.29, 1.82) is 0 Å². The first kappa shape index (κ1) is 24.2. The Balaban J connectivity index is 0.00000392. The monoisotopic (exact) mass is 519 g/mol. The maximum absolute atomic E-state index is 6.05. The van der Waals surface area contributed by atoms with Gasteiger partial charge in [-0.3, -0.25) is 4.99 Å². The first-order valence-electron chi connectivity index (χ1n) is 8.67. The Kier molecular flexibility index (Phi) is 10.8. The molecule has 0 atom stereocenters. The third kappa shape index (κ3) is 6.94. The van der Waals surface area contributed by atoms with Gasteiger partial charge in [-0.1, -0.05) is 23.7 Å². The van der Waals surface area contributed by atoms with E-state index in [9.17, 15) is 0 Å². The second-order valence-corrected chi connectivity index (χ2v) is 6.09. The molecule has 0 saturated carbocycles. The molecule has 2 aromatic carbocycles. The molecule has 0 unspecified atom stereocenters. The maximum atomic E-state index is 6.05. The Labute approximate surface area is 188 Å². The molecule has 0 saturated heterocycles. The molecule has 2 N–H and O–H groups in total. The van der Waals surface area contributed by atoms with Crippen molar-refractivity contribution in [3.63, 3.8) is 0 Å². The second kappa shape index (κ2) is 12.6. The molecule has 8 heteroatoms. The fourth-order valence-electron chi connectivity index (χ4n) is 2.54. The van der Waals surface area contributed by atoms with Crippen molar-refractivity contribution in [1.82, 2.24) is 10.6 Å². The van der Waals surface area contributed by atoms with Gasteiger partial charge < -0.3 is 24.8 Å². The van der Waals surface area contributed by atoms with Crippen molar-refractivity contribution >= 4 is 41.5 Å². The number of nitrogens with zero attached hydrogens (tertiary/aromatic N) is 1. The normalized spacial score (nSPS) is 10.7. The van der Waals surface area contributed by atoms with Crippen LogP contribution in [0.5, 0.6) is 17.2 Å². The molecule has 0 bridgehead atoms. The Morgan fingerprint density at radius 2 is 1.68 bits per heavy atom. The first-order chi connectivity index (χ1) is 13.1. The van der Waals surface area contributed by atoms with E-state index in [1.54, 1.807) is 21.3 Å². The van der Waals surface area contributed by atoms with Crippen molar-refractivity contribution in [3.05, 3.63) is 52.5 Å². The summed E-state index contributed by atoms with van der Waals surface area (Å²) in [5.74, 6) is 2.85. The number of rotatable bonds is 8. The molecule has 0 aliphatic carbocycles. The minimum atomic E-state index is 0. The molecule has 2 rings (SSSR count). The molecule has 0 aromatic heterocycles. The number of ether oxygens (including phenoxy) is 3. The van der Waals surface area contributed by atoms with E-state index in [0.717, 1.165) is 16.9 Å². The van der Waals surface area contributed by atoms with Gasteiger partial charge in [-0.25, -0.2) is 0 Å². The Hall–Kier alpha value is -1.87. The minimum absolute atomic E-state index is 0. The molecular formula is C20H27ClIN3O3. The highest BCUT2D eigenvalue weighted by atomic mass is 127. The number of nitrogens with one attached hydrogen (secondary N) is 2. The summed E-state index contributed by atoms with van der Waals surface area (Å²) in [5, 5.41) is 7.22. The van der Waals surface area contributed by atoms with Gasteiger partial charge in [-0.15, -0.1) is 24.0 Å². The van der Waals surface area contributed by atoms with Gasteiger partial charge in [0.25, 0.3) is 0 Å². The number of hydrogen-bond acceptors (Lipinski definition) is 4. The zero-order valence-electron chi connectivity index (χ0n) is 16.5. The summed E-state index contributed by atoms with van der Waals surface area (Å²) in [6.45, 7) is 3.69. The van der Waals surface area contributed by atoms with Crippen molar-refractivity contribution in [2.75, 3.05) is 27.9 Å². The highest BCUT2D eigenvalue weighted by Crippen LogP contribution is 2.27. The van der Waals surface area contributed by atoms with Gasteiger partial charge in [-0.05, 0) is 36.8 Å². The predicted octanol–water partition coefficient (Wildman–Crippen LogP) is 4.24. The Morgan fingerprint density at radius 3 is 2.32 bits per heavy atom. The van der Waals surface area contributed by atoms with Gasteiger partial charge in [0.15, 0.2) is 17.5 Å². The first-order valence-corrected chi connectivity index (χ1v) is 9.05. The van der Waals surface area contributed by atoms with Crippen molar-refractivity contribution in [3.8, 4) is 17.2 Å². The van der Waals surface area contributed by atoms with Crippen LogP contribution in [0.1, 0.15) is 18.1 Å². The number of halogens is 2. The third-order valence-corrected chi connectivity index (χ3v) is 4.14. The van der Waals surface area contributed by atoms with Crippen LogP contribution in [0.15, 0.2) is 41.4 Å². The van der Waals surface area contributed by atoms with Crippen molar-refractivity contribution < 1.29 is 14.2 Å². The molecule has 0 aliphatic rings. The van der Waals surface area contributed by atoms with Crippen LogP contribution in [0.4, 0.5) is 0 Å². The lowest BCUT2D eigenvalue weighted by Crippen LogP contribution is -2.36. The summed E-state index contributed by atoms with van der Waals surface area (Å²) in [7, 11) is 4.97. The van der Waals surface area contributed by atoms with Gasteiger partial charge in [0.1, 0.15) is 5.75 Å². The summed E-state index contributed by atoms with van der Waals surface area (Å²) >= 11 is 6.05. The van der Waals surface area contributed by atoms with Crippen molar-refractivity contribution in [2.24, 2.45) is 4.99 Å². The van der Waals surface area contributed by atoms with Crippen LogP contribution in [0.3, 0.4) is 0 Å². The molecule has 0 radical (unpaired) electrons. The highest BCUT2D eigenvalue weighted by Gasteiger charge is 2.08. The Bertz CT molecular complexity index is 787. The molecule has 0 amide bonds. The minimum Gasteiger partial charge on any atom is -0.493 e. The van der Waals surface area contributed by atoms with Crippen LogP contribution in [0.25, 0.3) is 0 Å². The molecule has 0 fully saturated rings. The number of hydrogen-bond donors (Lipinski definition) is 2. The fraction of sp³-hybridized carbons (Fsp3) is 0.350. The average Bonchev–Trinajstić information content (AvgIpc) is 2.69. The number of benzene rings is 2. The van der Waals surface area contributed by atoms with E-state index in [1.165, 1.54) is 0 Å². The van der Waals surface area contributed by atoms with Crippen LogP contribution in [0, 0.1) is 0 Å². The fourth-order valence-corrected chi connectivity index (χ4v) is 2.70. The van der Waals surface area contributed by atoms with Crippen LogP contribution in [0.2, 0.25) is 5.02 Å². The molecule has 154 valence electrons. The van der Waals surface area contributed by atoms with E-state index in [-0.39, 0.29) is 24.0 Å². The zero-order valence-corrected chi connectivity index (χ0v) is 19.6. The number of aliphatic imine (C=N–C) groups is 1. The lowest BCUT2D eigenvalue weighted by atomic mass is 10.2. The molecule has 6 nitrogen and oxygen atoms in total. The topological polar surface area (TPSA) is 64.1 Å². The average molecular weight is 520 g/mol. The van der Waals surface area contributed by atoms with Gasteiger partial charge in [0.05, 0.1) is 20.8 Å². The van der Waals surface area contributed by atoms with E-state index in [4.69, 9.17) is 25.8 Å². The van der Waals surface area contributed by atoms with E-state index in [1.807, 2.05) is 43.3 Å². The number of methoxy groups -OCH3 is 2. The third-order valence-electron chi connectivity index (χ3n) is 3.91. The second-order valence-electron chi connectivity index (χ2n) is 5.65. The summed E-state index contributed by atoms with van der Waals surface area (Å²) in [6, 6.07) is 11.4. The molecule has 2 aromatic rings. The SMILES string of the molecule is CCOc1cc(Cl)ccc1CNC(=NC)NCc1ccc(OC)c(OC)c1.I. The summed E-state index contributed by atoms with van der Waals surface area (Å²) in [5.41, 5.74) is 2.06. The van der Waals surface area contributed by atoms with E-state index in [2.05, 4.69) is 15.6 Å². The Morgan fingerprint density at radius 1 is 0.964 bits per heavy atom. The predicted molar refractivity (Wildman–Crippen MR) is 125 cm³/mol. The maximum Gasteiger partial charge on any atom is 0.191 e. The smallest absolute Gasteiger partial charge is 0.191 e. The summed E-state index contributed by atoms with van der Waals surface area (Å²) < 4.78 is 16.2. The van der Waals surface area contributed by atoms with Crippen LogP contribution in [-0.2, 0) is 13.1 Å². The van der Waals surface area contributed by atoms with Gasteiger partial charge in [0, 0.05) is 30.7 Å². The quantitative estimate of drug-likeness (QED) is 0.310. The molecule has 28 heavy (non-hydrogen) atoms. The standard InChI is InChI=1S/C20H26ClN3O3.HI/c1-5-27-18-11-16(21)8-7-15(18)13-24-20(22-2)23-12-14-6-9-17(25-3)19(10-14)26-4;/h6-11H,5,12-13H2,1-4H3,(H2,22,23,24);1H. The van der Waals surface area contributed by atoms with E-state index >= 15 is 0 Å².